The van der Waals surface area contributed by atoms with E-state index in [1.54, 1.807) is 0 Å². The highest BCUT2D eigenvalue weighted by Crippen LogP contribution is 2.40. The molecular weight excluding hydrogens is 206 g/mol. The lowest BCUT2D eigenvalue weighted by molar-refractivity contribution is -0.391. The molecule has 1 aromatic rings. The molecule has 0 atom stereocenters. The van der Waals surface area contributed by atoms with Gasteiger partial charge in [-0.1, -0.05) is 0 Å². The van der Waals surface area contributed by atoms with Gasteiger partial charge in [-0.05, 0) is 6.07 Å². The van der Waals surface area contributed by atoms with Crippen molar-refractivity contribution in [2.75, 3.05) is 17.2 Å². The van der Waals surface area contributed by atoms with Crippen LogP contribution in [0.1, 0.15) is 0 Å². The Morgan fingerprint density at radius 1 is 0.933 bits per heavy atom. The van der Waals surface area contributed by atoms with Gasteiger partial charge in [-0.2, -0.15) is 0 Å². The number of nitrogen functional groups attached to an aromatic ring is 3. The van der Waals surface area contributed by atoms with Gasteiger partial charge in [0.15, 0.2) is 5.69 Å². The molecule has 9 heteroatoms. The predicted octanol–water partition coefficient (Wildman–Crippen LogP) is 0.250. The van der Waals surface area contributed by atoms with Crippen molar-refractivity contribution in [1.29, 1.82) is 0 Å². The number of hydrogen-bond acceptors (Lipinski definition) is 7. The Labute approximate surface area is 82.8 Å². The monoisotopic (exact) mass is 213 g/mol. The molecule has 0 heterocycles. The van der Waals surface area contributed by atoms with Gasteiger partial charge in [0, 0.05) is 0 Å². The molecule has 0 radical (unpaired) electrons. The van der Waals surface area contributed by atoms with Gasteiger partial charge >= 0.3 is 11.4 Å². The van der Waals surface area contributed by atoms with Crippen LogP contribution in [0.25, 0.3) is 0 Å². The molecule has 0 aliphatic rings. The van der Waals surface area contributed by atoms with E-state index in [1.807, 2.05) is 0 Å². The van der Waals surface area contributed by atoms with E-state index < -0.39 is 26.9 Å². The topological polar surface area (TPSA) is 164 Å². The lowest BCUT2D eigenvalue weighted by atomic mass is 10.2. The number of anilines is 3. The van der Waals surface area contributed by atoms with E-state index in [9.17, 15) is 20.2 Å². The molecule has 0 saturated heterocycles. The number of nitrogens with zero attached hydrogens (tertiary/aromatic N) is 2. The number of rotatable bonds is 2. The summed E-state index contributed by atoms with van der Waals surface area (Å²) in [5.74, 6) is 0. The predicted molar refractivity (Wildman–Crippen MR) is 53.0 cm³/mol. The molecule has 0 aliphatic carbocycles. The van der Waals surface area contributed by atoms with Gasteiger partial charge in [0.25, 0.3) is 0 Å². The molecule has 80 valence electrons. The minimum Gasteiger partial charge on any atom is -0.393 e. The summed E-state index contributed by atoms with van der Waals surface area (Å²) in [6.07, 6.45) is 0. The highest BCUT2D eigenvalue weighted by atomic mass is 16.6. The zero-order valence-corrected chi connectivity index (χ0v) is 7.34. The Kier molecular flexibility index (Phi) is 2.30. The van der Waals surface area contributed by atoms with Gasteiger partial charge in [-0.15, -0.1) is 0 Å². The molecule has 1 rings (SSSR count). The lowest BCUT2D eigenvalue weighted by Gasteiger charge is -2.04. The fourth-order valence-corrected chi connectivity index (χ4v) is 1.13. The van der Waals surface area contributed by atoms with Crippen LogP contribution in [0.4, 0.5) is 28.4 Å². The van der Waals surface area contributed by atoms with Gasteiger partial charge < -0.3 is 17.2 Å². The van der Waals surface area contributed by atoms with Gasteiger partial charge in [0.1, 0.15) is 11.4 Å². The van der Waals surface area contributed by atoms with Crippen LogP contribution in [0.15, 0.2) is 6.07 Å². The van der Waals surface area contributed by atoms with Crippen molar-refractivity contribution >= 4 is 28.4 Å². The minimum atomic E-state index is -0.892. The number of nitro groups is 2. The Balaban J connectivity index is 3.64. The van der Waals surface area contributed by atoms with Crippen LogP contribution in [0.2, 0.25) is 0 Å². The van der Waals surface area contributed by atoms with Crippen LogP contribution in [0.5, 0.6) is 0 Å². The molecular formula is C6H7N5O4. The van der Waals surface area contributed by atoms with E-state index in [4.69, 9.17) is 17.2 Å². The molecule has 15 heavy (non-hydrogen) atoms. The van der Waals surface area contributed by atoms with E-state index in [0.717, 1.165) is 6.07 Å². The number of nitro benzene ring substituents is 2. The second-order valence-electron chi connectivity index (χ2n) is 2.68. The molecule has 0 saturated carbocycles. The lowest BCUT2D eigenvalue weighted by Crippen LogP contribution is -2.06. The van der Waals surface area contributed by atoms with Gasteiger partial charge in [0.05, 0.1) is 9.85 Å². The maximum absolute atomic E-state index is 10.5. The standard InChI is InChI=1S/C6H7N5O4/c7-2-1-3(8)6(11(14)15)4(9)5(2)10(12)13/h1H,7-9H2. The molecule has 0 fully saturated rings. The number of nitrogens with two attached hydrogens (primary N) is 3. The zero-order chi connectivity index (χ0) is 11.7. The van der Waals surface area contributed by atoms with Crippen LogP contribution in [0.3, 0.4) is 0 Å². The summed E-state index contributed by atoms with van der Waals surface area (Å²) < 4.78 is 0. The average molecular weight is 213 g/mol. The molecule has 0 unspecified atom stereocenters. The van der Waals surface area contributed by atoms with Gasteiger partial charge in [0.2, 0.25) is 0 Å². The normalized spacial score (nSPS) is 9.87. The van der Waals surface area contributed by atoms with Crippen LogP contribution in [-0.4, -0.2) is 9.85 Å². The highest BCUT2D eigenvalue weighted by Gasteiger charge is 2.28. The smallest absolute Gasteiger partial charge is 0.322 e. The number of benzene rings is 1. The summed E-state index contributed by atoms with van der Waals surface area (Å²) in [7, 11) is 0. The zero-order valence-electron chi connectivity index (χ0n) is 7.34. The average Bonchev–Trinajstić information content (AvgIpc) is 1.99. The highest BCUT2D eigenvalue weighted by molar-refractivity contribution is 5.88. The molecule has 0 amide bonds. The molecule has 6 N–H and O–H groups in total. The third kappa shape index (κ3) is 1.57. The summed E-state index contributed by atoms with van der Waals surface area (Å²) >= 11 is 0. The molecule has 0 aliphatic heterocycles. The van der Waals surface area contributed by atoms with Crippen LogP contribution < -0.4 is 17.2 Å². The van der Waals surface area contributed by atoms with Crippen molar-refractivity contribution in [1.82, 2.24) is 0 Å². The largest absolute Gasteiger partial charge is 0.393 e. The van der Waals surface area contributed by atoms with E-state index in [-0.39, 0.29) is 11.4 Å². The van der Waals surface area contributed by atoms with Crippen LogP contribution >= 0.6 is 0 Å². The van der Waals surface area contributed by atoms with Gasteiger partial charge in [-0.3, -0.25) is 20.2 Å². The van der Waals surface area contributed by atoms with E-state index in [1.165, 1.54) is 0 Å². The van der Waals surface area contributed by atoms with Crippen molar-refractivity contribution in [2.45, 2.75) is 0 Å². The van der Waals surface area contributed by atoms with Crippen molar-refractivity contribution in [3.8, 4) is 0 Å². The summed E-state index contributed by atoms with van der Waals surface area (Å²) in [6.45, 7) is 0. The second kappa shape index (κ2) is 3.29. The maximum Gasteiger partial charge on any atom is 0.322 e. The van der Waals surface area contributed by atoms with E-state index in [2.05, 4.69) is 0 Å². The fraction of sp³-hybridized carbons (Fsp3) is 0. The Bertz CT molecular complexity index is 419. The van der Waals surface area contributed by atoms with Crippen molar-refractivity contribution in [3.63, 3.8) is 0 Å². The summed E-state index contributed by atoms with van der Waals surface area (Å²) in [5.41, 5.74) is 13.1. The van der Waals surface area contributed by atoms with E-state index >= 15 is 0 Å². The van der Waals surface area contributed by atoms with Crippen LogP contribution in [0, 0.1) is 20.2 Å². The first-order valence-corrected chi connectivity index (χ1v) is 3.62. The third-order valence-electron chi connectivity index (χ3n) is 1.73. The van der Waals surface area contributed by atoms with Crippen molar-refractivity contribution in [3.05, 3.63) is 26.3 Å². The van der Waals surface area contributed by atoms with E-state index in [0.29, 0.717) is 0 Å². The number of hydrogen-bond donors (Lipinski definition) is 3. The SMILES string of the molecule is Nc1cc(N)c([N+](=O)[O-])c(N)c1[N+](=O)[O-]. The quantitative estimate of drug-likeness (QED) is 0.359. The molecule has 9 nitrogen and oxygen atoms in total. The minimum absolute atomic E-state index is 0.305. The van der Waals surface area contributed by atoms with Crippen molar-refractivity contribution < 1.29 is 9.85 Å². The molecule has 0 bridgehead atoms. The molecule has 0 spiro atoms. The molecule has 1 aromatic carbocycles. The molecule has 0 aromatic heterocycles. The fourth-order valence-electron chi connectivity index (χ4n) is 1.13. The third-order valence-corrected chi connectivity index (χ3v) is 1.73. The second-order valence-corrected chi connectivity index (χ2v) is 2.68. The van der Waals surface area contributed by atoms with Crippen LogP contribution in [-0.2, 0) is 0 Å². The first kappa shape index (κ1) is 10.5. The summed E-state index contributed by atoms with van der Waals surface area (Å²) in [5, 5.41) is 21.0. The Hall–Kier alpha value is -2.58. The summed E-state index contributed by atoms with van der Waals surface area (Å²) in [4.78, 5) is 19.2. The summed E-state index contributed by atoms with van der Waals surface area (Å²) in [6, 6.07) is 0.937. The maximum atomic E-state index is 10.5. The Morgan fingerprint density at radius 2 is 1.27 bits per heavy atom. The first-order chi connectivity index (χ1) is 6.86. The Morgan fingerprint density at radius 3 is 1.53 bits per heavy atom. The van der Waals surface area contributed by atoms with Gasteiger partial charge in [-0.25, -0.2) is 0 Å². The van der Waals surface area contributed by atoms with Crippen molar-refractivity contribution in [2.24, 2.45) is 0 Å². The first-order valence-electron chi connectivity index (χ1n) is 3.62.